The summed E-state index contributed by atoms with van der Waals surface area (Å²) in [7, 11) is 0. The Labute approximate surface area is 154 Å². The molecule has 3 rings (SSSR count). The number of halogens is 1. The quantitative estimate of drug-likeness (QED) is 0.436. The maximum Gasteiger partial charge on any atom is 0.0406 e. The maximum atomic E-state index is 6.02. The Morgan fingerprint density at radius 2 is 1.20 bits per heavy atom. The van der Waals surface area contributed by atoms with Gasteiger partial charge in [0.25, 0.3) is 0 Å². The van der Waals surface area contributed by atoms with Crippen LogP contribution >= 0.6 is 11.6 Å². The van der Waals surface area contributed by atoms with Crippen LogP contribution in [0.1, 0.15) is 16.7 Å². The predicted octanol–water partition coefficient (Wildman–Crippen LogP) is 7.04. The average Bonchev–Trinajstić information content (AvgIpc) is 2.67. The third kappa shape index (κ3) is 5.07. The van der Waals surface area contributed by atoms with Crippen LogP contribution < -0.4 is 0 Å². The molecule has 0 bridgehead atoms. The number of rotatable bonds is 5. The fraction of sp³-hybridized carbons (Fsp3) is 0. The monoisotopic (exact) mass is 342 g/mol. The zero-order chi connectivity index (χ0) is 17.3. The molecule has 0 aromatic heterocycles. The first-order chi connectivity index (χ1) is 12.3. The van der Waals surface area contributed by atoms with Crippen molar-refractivity contribution in [1.29, 1.82) is 0 Å². The van der Waals surface area contributed by atoms with Crippen LogP contribution in [0.4, 0.5) is 0 Å². The van der Waals surface area contributed by atoms with Gasteiger partial charge in [-0.15, -0.1) is 0 Å². The fourth-order valence-corrected chi connectivity index (χ4v) is 2.68. The summed E-state index contributed by atoms with van der Waals surface area (Å²) in [5, 5.41) is 0.748. The SMILES string of the molecule is Clc1ccc(\C(=C/C=C/C=C/c2ccccc2)c2ccccc2)cc1. The zero-order valence-corrected chi connectivity index (χ0v) is 14.6. The molecular weight excluding hydrogens is 324 g/mol. The number of allylic oxidation sites excluding steroid dienone is 4. The molecule has 0 unspecified atom stereocenters. The lowest BCUT2D eigenvalue weighted by Crippen LogP contribution is -1.87. The van der Waals surface area contributed by atoms with E-state index in [1.165, 1.54) is 16.7 Å². The minimum atomic E-state index is 0.748. The van der Waals surface area contributed by atoms with Gasteiger partial charge < -0.3 is 0 Å². The summed E-state index contributed by atoms with van der Waals surface area (Å²) >= 11 is 6.02. The lowest BCUT2D eigenvalue weighted by molar-refractivity contribution is 1.54. The summed E-state index contributed by atoms with van der Waals surface area (Å²) in [6, 6.07) is 28.6. The Morgan fingerprint density at radius 1 is 0.600 bits per heavy atom. The van der Waals surface area contributed by atoms with E-state index in [1.54, 1.807) is 0 Å². The molecule has 0 aliphatic rings. The van der Waals surface area contributed by atoms with Crippen molar-refractivity contribution in [2.24, 2.45) is 0 Å². The summed E-state index contributed by atoms with van der Waals surface area (Å²) in [6.07, 6.45) is 10.4. The number of hydrogen-bond acceptors (Lipinski definition) is 0. The van der Waals surface area contributed by atoms with Crippen molar-refractivity contribution in [3.63, 3.8) is 0 Å². The van der Waals surface area contributed by atoms with Gasteiger partial charge in [-0.1, -0.05) is 115 Å². The summed E-state index contributed by atoms with van der Waals surface area (Å²) in [5.74, 6) is 0. The van der Waals surface area contributed by atoms with E-state index < -0.39 is 0 Å². The van der Waals surface area contributed by atoms with Crippen molar-refractivity contribution in [1.82, 2.24) is 0 Å². The van der Waals surface area contributed by atoms with E-state index in [2.05, 4.69) is 72.8 Å². The molecule has 0 saturated carbocycles. The highest BCUT2D eigenvalue weighted by Crippen LogP contribution is 2.24. The molecule has 0 heterocycles. The first-order valence-corrected chi connectivity index (χ1v) is 8.62. The van der Waals surface area contributed by atoms with Crippen molar-refractivity contribution >= 4 is 23.3 Å². The van der Waals surface area contributed by atoms with Crippen molar-refractivity contribution < 1.29 is 0 Å². The van der Waals surface area contributed by atoms with E-state index in [0.29, 0.717) is 0 Å². The Balaban J connectivity index is 1.84. The molecule has 3 aromatic carbocycles. The highest BCUT2D eigenvalue weighted by Gasteiger charge is 2.03. The van der Waals surface area contributed by atoms with E-state index in [1.807, 2.05) is 42.5 Å². The average molecular weight is 343 g/mol. The highest BCUT2D eigenvalue weighted by atomic mass is 35.5. The molecule has 0 spiro atoms. The van der Waals surface area contributed by atoms with Gasteiger partial charge >= 0.3 is 0 Å². The molecule has 1 heteroatoms. The summed E-state index contributed by atoms with van der Waals surface area (Å²) in [4.78, 5) is 0. The van der Waals surface area contributed by atoms with Crippen LogP contribution in [-0.2, 0) is 0 Å². The molecule has 122 valence electrons. The third-order valence-electron chi connectivity index (χ3n) is 3.81. The number of benzene rings is 3. The molecule has 0 amide bonds. The standard InChI is InChI=1S/C24H19Cl/c25-23-18-16-22(17-19-23)24(21-13-7-3-8-14-21)15-9-2-6-12-20-10-4-1-5-11-20/h1-19H/b9-2+,12-6+,24-15-. The smallest absolute Gasteiger partial charge is 0.0406 e. The molecule has 0 radical (unpaired) electrons. The van der Waals surface area contributed by atoms with Crippen LogP contribution in [-0.4, -0.2) is 0 Å². The molecule has 0 nitrogen and oxygen atoms in total. The van der Waals surface area contributed by atoms with Crippen molar-refractivity contribution in [3.8, 4) is 0 Å². The Bertz CT molecular complexity index is 870. The second kappa shape index (κ2) is 8.86. The van der Waals surface area contributed by atoms with E-state index in [-0.39, 0.29) is 0 Å². The van der Waals surface area contributed by atoms with Crippen molar-refractivity contribution in [2.45, 2.75) is 0 Å². The second-order valence-corrected chi connectivity index (χ2v) is 6.04. The van der Waals surface area contributed by atoms with Crippen molar-refractivity contribution in [2.75, 3.05) is 0 Å². The predicted molar refractivity (Wildman–Crippen MR) is 110 cm³/mol. The van der Waals surface area contributed by atoms with Crippen LogP contribution in [0.15, 0.2) is 109 Å². The molecule has 0 atom stereocenters. The maximum absolute atomic E-state index is 6.02. The molecule has 0 fully saturated rings. The Kier molecular flexibility index (Phi) is 6.03. The van der Waals surface area contributed by atoms with Crippen LogP contribution in [0, 0.1) is 0 Å². The molecule has 25 heavy (non-hydrogen) atoms. The van der Waals surface area contributed by atoms with Crippen molar-refractivity contribution in [3.05, 3.63) is 131 Å². The second-order valence-electron chi connectivity index (χ2n) is 5.61. The highest BCUT2D eigenvalue weighted by molar-refractivity contribution is 6.30. The van der Waals surface area contributed by atoms with Gasteiger partial charge in [-0.05, 0) is 34.4 Å². The van der Waals surface area contributed by atoms with E-state index >= 15 is 0 Å². The minimum Gasteiger partial charge on any atom is -0.0843 e. The first kappa shape index (κ1) is 17.0. The van der Waals surface area contributed by atoms with E-state index in [0.717, 1.165) is 10.6 Å². The summed E-state index contributed by atoms with van der Waals surface area (Å²) in [5.41, 5.74) is 4.69. The minimum absolute atomic E-state index is 0.748. The Morgan fingerprint density at radius 3 is 1.88 bits per heavy atom. The lowest BCUT2D eigenvalue weighted by atomic mass is 9.97. The molecule has 3 aromatic rings. The first-order valence-electron chi connectivity index (χ1n) is 8.24. The van der Waals surface area contributed by atoms with E-state index in [4.69, 9.17) is 11.6 Å². The zero-order valence-electron chi connectivity index (χ0n) is 13.8. The molecule has 0 aliphatic heterocycles. The van der Waals surface area contributed by atoms with Gasteiger partial charge in [-0.25, -0.2) is 0 Å². The topological polar surface area (TPSA) is 0 Å². The lowest BCUT2D eigenvalue weighted by Gasteiger charge is -2.07. The van der Waals surface area contributed by atoms with Crippen LogP contribution in [0.25, 0.3) is 11.6 Å². The summed E-state index contributed by atoms with van der Waals surface area (Å²) < 4.78 is 0. The van der Waals surface area contributed by atoms with Gasteiger partial charge in [-0.2, -0.15) is 0 Å². The fourth-order valence-electron chi connectivity index (χ4n) is 2.55. The summed E-state index contributed by atoms with van der Waals surface area (Å²) in [6.45, 7) is 0. The molecule has 0 aliphatic carbocycles. The van der Waals surface area contributed by atoms with Gasteiger partial charge in [0, 0.05) is 5.02 Å². The van der Waals surface area contributed by atoms with Gasteiger partial charge in [0.2, 0.25) is 0 Å². The number of hydrogen-bond donors (Lipinski definition) is 0. The molecular formula is C24H19Cl. The Hall–Kier alpha value is -2.83. The molecule has 0 saturated heterocycles. The van der Waals surface area contributed by atoms with E-state index in [9.17, 15) is 0 Å². The largest absolute Gasteiger partial charge is 0.0843 e. The molecule has 0 N–H and O–H groups in total. The van der Waals surface area contributed by atoms with Crippen LogP contribution in [0.3, 0.4) is 0 Å². The van der Waals surface area contributed by atoms with Gasteiger partial charge in [0.15, 0.2) is 0 Å². The van der Waals surface area contributed by atoms with Gasteiger partial charge in [0.05, 0.1) is 0 Å². The van der Waals surface area contributed by atoms with Crippen LogP contribution in [0.2, 0.25) is 5.02 Å². The van der Waals surface area contributed by atoms with Gasteiger partial charge in [0.1, 0.15) is 0 Å². The third-order valence-corrected chi connectivity index (χ3v) is 4.07. The van der Waals surface area contributed by atoms with Gasteiger partial charge in [-0.3, -0.25) is 0 Å². The normalized spacial score (nSPS) is 12.1. The van der Waals surface area contributed by atoms with Crippen LogP contribution in [0.5, 0.6) is 0 Å².